The van der Waals surface area contributed by atoms with Gasteiger partial charge < -0.3 is 14.3 Å². The predicted octanol–water partition coefficient (Wildman–Crippen LogP) is 4.53. The van der Waals surface area contributed by atoms with Crippen molar-refractivity contribution in [2.45, 2.75) is 44.4 Å². The Balaban J connectivity index is 2.16. The van der Waals surface area contributed by atoms with E-state index < -0.39 is 12.3 Å². The van der Waals surface area contributed by atoms with E-state index in [9.17, 15) is 0 Å². The van der Waals surface area contributed by atoms with E-state index in [1.54, 1.807) is 14.2 Å². The molecule has 0 saturated heterocycles. The third-order valence-corrected chi connectivity index (χ3v) is 5.21. The lowest BCUT2D eigenvalue weighted by atomic mass is 9.79. The zero-order valence-corrected chi connectivity index (χ0v) is 16.5. The van der Waals surface area contributed by atoms with Gasteiger partial charge in [-0.15, -0.1) is 0 Å². The predicted molar refractivity (Wildman–Crippen MR) is 106 cm³/mol. The average Bonchev–Trinajstić information content (AvgIpc) is 3.08. The van der Waals surface area contributed by atoms with Crippen LogP contribution in [0.5, 0.6) is 0 Å². The molecule has 2 heterocycles. The van der Waals surface area contributed by atoms with Crippen molar-refractivity contribution >= 4 is 23.1 Å². The number of aromatic nitrogens is 2. The fourth-order valence-electron chi connectivity index (χ4n) is 3.59. The minimum absolute atomic E-state index is 0.228. The highest BCUT2D eigenvalue weighted by atomic mass is 35.5. The summed E-state index contributed by atoms with van der Waals surface area (Å²) in [6, 6.07) is 7.27. The first-order valence-corrected chi connectivity index (χ1v) is 9.33. The van der Waals surface area contributed by atoms with E-state index in [1.807, 2.05) is 24.3 Å². The number of rotatable bonds is 7. The van der Waals surface area contributed by atoms with Crippen molar-refractivity contribution in [1.29, 1.82) is 0 Å². The van der Waals surface area contributed by atoms with Crippen LogP contribution >= 0.6 is 11.6 Å². The minimum atomic E-state index is -0.408. The van der Waals surface area contributed by atoms with Gasteiger partial charge in [-0.3, -0.25) is 5.10 Å². The molecule has 2 unspecified atom stereocenters. The van der Waals surface area contributed by atoms with E-state index >= 15 is 0 Å². The van der Waals surface area contributed by atoms with Gasteiger partial charge >= 0.3 is 0 Å². The third kappa shape index (κ3) is 3.77. The molecular formula is C20H23ClN4O2. The summed E-state index contributed by atoms with van der Waals surface area (Å²) < 4.78 is 10.7. The maximum absolute atomic E-state index is 7.86. The van der Waals surface area contributed by atoms with E-state index in [0.717, 1.165) is 35.4 Å². The SMILES string of the molecule is [C-]#[N+]C1C(CCC)=Nc2n[nH]c(CC(OC)OC)c2C1c1ccccc1Cl. The van der Waals surface area contributed by atoms with E-state index in [4.69, 9.17) is 32.6 Å². The van der Waals surface area contributed by atoms with E-state index in [1.165, 1.54) is 0 Å². The molecule has 0 amide bonds. The summed E-state index contributed by atoms with van der Waals surface area (Å²) in [5.74, 6) is 0.401. The highest BCUT2D eigenvalue weighted by Crippen LogP contribution is 2.44. The molecule has 0 radical (unpaired) electrons. The summed E-state index contributed by atoms with van der Waals surface area (Å²) in [4.78, 5) is 8.65. The molecule has 27 heavy (non-hydrogen) atoms. The smallest absolute Gasteiger partial charge is 0.272 e. The van der Waals surface area contributed by atoms with Crippen LogP contribution in [0.3, 0.4) is 0 Å². The number of halogens is 1. The number of H-pyrrole nitrogens is 1. The summed E-state index contributed by atoms with van der Waals surface area (Å²) in [7, 11) is 3.20. The number of nitrogens with zero attached hydrogens (tertiary/aromatic N) is 3. The first kappa shape index (κ1) is 19.6. The van der Waals surface area contributed by atoms with Gasteiger partial charge in [-0.25, -0.2) is 11.6 Å². The fourth-order valence-corrected chi connectivity index (χ4v) is 3.84. The zero-order valence-electron chi connectivity index (χ0n) is 15.7. The summed E-state index contributed by atoms with van der Waals surface area (Å²) >= 11 is 6.53. The molecule has 6 nitrogen and oxygen atoms in total. The Morgan fingerprint density at radius 2 is 2.04 bits per heavy atom. The Kier molecular flexibility index (Phi) is 6.27. The number of nitrogens with one attached hydrogen (secondary N) is 1. The number of hydrogen-bond acceptors (Lipinski definition) is 4. The number of aliphatic imine (C=N–C) groups is 1. The van der Waals surface area contributed by atoms with Crippen molar-refractivity contribution < 1.29 is 9.47 Å². The van der Waals surface area contributed by atoms with Gasteiger partial charge in [0.1, 0.15) is 5.71 Å². The summed E-state index contributed by atoms with van der Waals surface area (Å²) in [5.41, 5.74) is 3.54. The van der Waals surface area contributed by atoms with Crippen LogP contribution in [0.1, 0.15) is 42.5 Å². The lowest BCUT2D eigenvalue weighted by Gasteiger charge is -2.26. The maximum Gasteiger partial charge on any atom is 0.272 e. The summed E-state index contributed by atoms with van der Waals surface area (Å²) in [6.45, 7) is 9.94. The van der Waals surface area contributed by atoms with Crippen LogP contribution in [0.25, 0.3) is 4.85 Å². The first-order chi connectivity index (χ1) is 13.1. The van der Waals surface area contributed by atoms with Gasteiger partial charge in [0, 0.05) is 36.9 Å². The van der Waals surface area contributed by atoms with Gasteiger partial charge in [0.2, 0.25) is 0 Å². The molecule has 3 rings (SSSR count). The number of methoxy groups -OCH3 is 2. The highest BCUT2D eigenvalue weighted by Gasteiger charge is 2.42. The summed E-state index contributed by atoms with van der Waals surface area (Å²) in [6.07, 6.45) is 1.75. The molecule has 1 aliphatic heterocycles. The molecule has 0 aliphatic carbocycles. The van der Waals surface area contributed by atoms with Crippen LogP contribution in [-0.4, -0.2) is 42.5 Å². The highest BCUT2D eigenvalue weighted by molar-refractivity contribution is 6.31. The molecule has 1 aromatic heterocycles. The molecule has 1 N–H and O–H groups in total. The van der Waals surface area contributed by atoms with Crippen molar-refractivity contribution in [3.05, 3.63) is 57.5 Å². The number of aromatic amines is 1. The normalized spacial score (nSPS) is 18.9. The molecule has 0 bridgehead atoms. The van der Waals surface area contributed by atoms with Gasteiger partial charge in [0.25, 0.3) is 6.04 Å². The molecule has 7 heteroatoms. The largest absolute Gasteiger partial charge is 0.356 e. The van der Waals surface area contributed by atoms with Gasteiger partial charge in [-0.1, -0.05) is 43.1 Å². The topological polar surface area (TPSA) is 63.9 Å². The van der Waals surface area contributed by atoms with E-state index in [2.05, 4.69) is 22.0 Å². The maximum atomic E-state index is 7.86. The summed E-state index contributed by atoms with van der Waals surface area (Å²) in [5, 5.41) is 8.13. The van der Waals surface area contributed by atoms with Crippen LogP contribution in [0.15, 0.2) is 29.3 Å². The minimum Gasteiger partial charge on any atom is -0.356 e. The van der Waals surface area contributed by atoms with Crippen LogP contribution in [0.2, 0.25) is 5.02 Å². The van der Waals surface area contributed by atoms with Gasteiger partial charge in [0.05, 0.1) is 5.92 Å². The monoisotopic (exact) mass is 386 g/mol. The molecule has 2 aromatic rings. The second-order valence-electron chi connectivity index (χ2n) is 6.47. The average molecular weight is 387 g/mol. The number of ether oxygens (including phenoxy) is 2. The van der Waals surface area contributed by atoms with Crippen molar-refractivity contribution in [3.63, 3.8) is 0 Å². The number of fused-ring (bicyclic) bond motifs is 1. The van der Waals surface area contributed by atoms with Crippen molar-refractivity contribution in [1.82, 2.24) is 10.2 Å². The number of benzene rings is 1. The van der Waals surface area contributed by atoms with Gasteiger partial charge in [0.15, 0.2) is 12.1 Å². The zero-order chi connectivity index (χ0) is 19.4. The lowest BCUT2D eigenvalue weighted by molar-refractivity contribution is -0.101. The van der Waals surface area contributed by atoms with Crippen molar-refractivity contribution in [2.75, 3.05) is 14.2 Å². The molecule has 2 atom stereocenters. The Hall–Kier alpha value is -2.20. The number of hydrogen-bond donors (Lipinski definition) is 1. The van der Waals surface area contributed by atoms with Crippen molar-refractivity contribution in [3.8, 4) is 0 Å². The molecule has 1 aliphatic rings. The Morgan fingerprint density at radius 1 is 1.30 bits per heavy atom. The Labute approximate surface area is 164 Å². The van der Waals surface area contributed by atoms with Crippen LogP contribution in [-0.2, 0) is 15.9 Å². The van der Waals surface area contributed by atoms with E-state index in [-0.39, 0.29) is 5.92 Å². The molecule has 0 spiro atoms. The van der Waals surface area contributed by atoms with Crippen molar-refractivity contribution in [2.24, 2.45) is 4.99 Å². The quantitative estimate of drug-likeness (QED) is 0.561. The van der Waals surface area contributed by atoms with Gasteiger partial charge in [-0.2, -0.15) is 5.10 Å². The Morgan fingerprint density at radius 3 is 2.67 bits per heavy atom. The molecular weight excluding hydrogens is 364 g/mol. The molecule has 0 saturated carbocycles. The van der Waals surface area contributed by atoms with Crippen LogP contribution in [0.4, 0.5) is 5.82 Å². The third-order valence-electron chi connectivity index (χ3n) is 4.86. The van der Waals surface area contributed by atoms with Gasteiger partial charge in [-0.05, 0) is 18.1 Å². The molecule has 142 valence electrons. The second kappa shape index (κ2) is 8.66. The Bertz CT molecular complexity index is 867. The first-order valence-electron chi connectivity index (χ1n) is 8.95. The lowest BCUT2D eigenvalue weighted by Crippen LogP contribution is -2.30. The standard InChI is InChI=1S/C20H23ClN4O2/c1-5-8-14-19(22-2)17(12-9-6-7-10-13(12)21)18-15(11-16(26-3)27-4)24-25-20(18)23-14/h6-7,9-10,16-17,19H,5,8,11H2,1,3-4H3,(H,24,25). The molecule has 1 aromatic carbocycles. The molecule has 0 fully saturated rings. The van der Waals surface area contributed by atoms with Crippen LogP contribution in [0, 0.1) is 6.57 Å². The van der Waals surface area contributed by atoms with Crippen LogP contribution < -0.4 is 0 Å². The fraction of sp³-hybridized carbons (Fsp3) is 0.450. The van der Waals surface area contributed by atoms with E-state index in [0.29, 0.717) is 17.3 Å². The second-order valence-corrected chi connectivity index (χ2v) is 6.88.